The van der Waals surface area contributed by atoms with Crippen LogP contribution < -0.4 is 4.90 Å². The number of halogens is 1. The molecule has 0 unspecified atom stereocenters. The number of rotatable bonds is 1. The highest BCUT2D eigenvalue weighted by Gasteiger charge is 2.58. The van der Waals surface area contributed by atoms with Crippen molar-refractivity contribution < 1.29 is 9.59 Å². The lowest BCUT2D eigenvalue weighted by molar-refractivity contribution is -0.125. The fourth-order valence-electron chi connectivity index (χ4n) is 4.23. The average Bonchev–Trinajstić information content (AvgIpc) is 3.10. The summed E-state index contributed by atoms with van der Waals surface area (Å²) in [5.41, 5.74) is 2.38. The highest BCUT2D eigenvalue weighted by atomic mass is 35.5. The number of nitrogens with zero attached hydrogens (tertiary/aromatic N) is 2. The van der Waals surface area contributed by atoms with E-state index < -0.39 is 5.54 Å². The molecule has 0 bridgehead atoms. The number of nitrogens with one attached hydrogen (secondary N) is 1. The predicted molar refractivity (Wildman–Crippen MR) is 100 cm³/mol. The molecule has 3 amide bonds. The van der Waals surface area contributed by atoms with Crippen LogP contribution in [0.15, 0.2) is 48.5 Å². The van der Waals surface area contributed by atoms with Crippen LogP contribution in [0.2, 0.25) is 5.02 Å². The molecule has 1 aromatic heterocycles. The number of aromatic nitrogens is 1. The Morgan fingerprint density at radius 3 is 2.73 bits per heavy atom. The molecule has 0 saturated carbocycles. The Morgan fingerprint density at radius 1 is 1.12 bits per heavy atom. The summed E-state index contributed by atoms with van der Waals surface area (Å²) in [6.07, 6.45) is 0.720. The molecule has 130 valence electrons. The van der Waals surface area contributed by atoms with Crippen molar-refractivity contribution in [1.29, 1.82) is 0 Å². The third-order valence-corrected chi connectivity index (χ3v) is 5.77. The summed E-state index contributed by atoms with van der Waals surface area (Å²) in [7, 11) is 0. The molecule has 2 aromatic carbocycles. The fourth-order valence-corrected chi connectivity index (χ4v) is 4.42. The number of carbonyl (C=O) groups excluding carboxylic acids is 2. The van der Waals surface area contributed by atoms with Crippen molar-refractivity contribution in [1.82, 2.24) is 9.88 Å². The minimum absolute atomic E-state index is 0.253. The predicted octanol–water partition coefficient (Wildman–Crippen LogP) is 4.06. The molecule has 26 heavy (non-hydrogen) atoms. The van der Waals surface area contributed by atoms with Crippen LogP contribution in [0.5, 0.6) is 0 Å². The van der Waals surface area contributed by atoms with Gasteiger partial charge in [-0.05, 0) is 43.2 Å². The largest absolute Gasteiger partial charge is 0.356 e. The van der Waals surface area contributed by atoms with Crippen molar-refractivity contribution in [3.05, 3.63) is 64.8 Å². The Labute approximate surface area is 155 Å². The van der Waals surface area contributed by atoms with Crippen molar-refractivity contribution in [2.75, 3.05) is 11.4 Å². The van der Waals surface area contributed by atoms with Crippen LogP contribution in [-0.2, 0) is 16.8 Å². The zero-order valence-corrected chi connectivity index (χ0v) is 14.9. The Kier molecular flexibility index (Phi) is 3.04. The number of imide groups is 1. The zero-order valence-electron chi connectivity index (χ0n) is 14.1. The van der Waals surface area contributed by atoms with Gasteiger partial charge in [-0.2, -0.15) is 0 Å². The van der Waals surface area contributed by atoms with Crippen LogP contribution in [0.1, 0.15) is 18.2 Å². The SMILES string of the molecule is C[C@]12C(=O)N(c3cccc(Cl)c3)C(=O)N1CCc1c2[nH]c2ccccc12. The van der Waals surface area contributed by atoms with Gasteiger partial charge < -0.3 is 9.88 Å². The molecule has 5 rings (SSSR count). The monoisotopic (exact) mass is 365 g/mol. The summed E-state index contributed by atoms with van der Waals surface area (Å²) in [5.74, 6) is -0.253. The molecule has 0 aliphatic carbocycles. The molecule has 5 nitrogen and oxygen atoms in total. The first kappa shape index (κ1) is 15.5. The first-order valence-electron chi connectivity index (χ1n) is 8.53. The number of aromatic amines is 1. The number of para-hydroxylation sites is 1. The number of hydrogen-bond acceptors (Lipinski definition) is 2. The summed E-state index contributed by atoms with van der Waals surface area (Å²) >= 11 is 6.07. The van der Waals surface area contributed by atoms with Crippen LogP contribution in [0.3, 0.4) is 0 Å². The summed E-state index contributed by atoms with van der Waals surface area (Å²) in [4.78, 5) is 32.8. The molecule has 1 atom stereocenters. The number of anilines is 1. The van der Waals surface area contributed by atoms with Crippen molar-refractivity contribution in [2.24, 2.45) is 0 Å². The van der Waals surface area contributed by atoms with Gasteiger partial charge in [-0.25, -0.2) is 9.69 Å². The second kappa shape index (κ2) is 5.11. The maximum atomic E-state index is 13.4. The number of hydrogen-bond donors (Lipinski definition) is 1. The second-order valence-corrected chi connectivity index (χ2v) is 7.34. The van der Waals surface area contributed by atoms with E-state index in [9.17, 15) is 9.59 Å². The Bertz CT molecular complexity index is 1090. The summed E-state index contributed by atoms with van der Waals surface area (Å²) in [6, 6.07) is 14.5. The van der Waals surface area contributed by atoms with Crippen LogP contribution in [-0.4, -0.2) is 28.4 Å². The van der Waals surface area contributed by atoms with Crippen LogP contribution in [0.4, 0.5) is 10.5 Å². The molecule has 2 aliphatic rings. The minimum Gasteiger partial charge on any atom is -0.356 e. The van der Waals surface area contributed by atoms with Gasteiger partial charge in [-0.15, -0.1) is 0 Å². The maximum Gasteiger partial charge on any atom is 0.332 e. The molecule has 2 aliphatic heterocycles. The van der Waals surface area contributed by atoms with Gasteiger partial charge in [-0.3, -0.25) is 4.79 Å². The van der Waals surface area contributed by atoms with Crippen LogP contribution in [0.25, 0.3) is 10.9 Å². The Balaban J connectivity index is 1.71. The van der Waals surface area contributed by atoms with Crippen molar-refractivity contribution >= 4 is 40.1 Å². The van der Waals surface area contributed by atoms with E-state index >= 15 is 0 Å². The first-order valence-corrected chi connectivity index (χ1v) is 8.91. The summed E-state index contributed by atoms with van der Waals surface area (Å²) < 4.78 is 0. The fraction of sp³-hybridized carbons (Fsp3) is 0.200. The van der Waals surface area contributed by atoms with E-state index in [2.05, 4.69) is 11.1 Å². The van der Waals surface area contributed by atoms with Gasteiger partial charge in [0.25, 0.3) is 5.91 Å². The van der Waals surface area contributed by atoms with Crippen molar-refractivity contribution in [2.45, 2.75) is 18.9 Å². The van der Waals surface area contributed by atoms with E-state index in [0.29, 0.717) is 17.3 Å². The van der Waals surface area contributed by atoms with Gasteiger partial charge in [-0.1, -0.05) is 35.9 Å². The Hall–Kier alpha value is -2.79. The Morgan fingerprint density at radius 2 is 1.92 bits per heavy atom. The molecule has 1 fully saturated rings. The van der Waals surface area contributed by atoms with Crippen molar-refractivity contribution in [3.63, 3.8) is 0 Å². The third kappa shape index (κ3) is 1.81. The lowest BCUT2D eigenvalue weighted by Gasteiger charge is -2.35. The van der Waals surface area contributed by atoms with Gasteiger partial charge in [0, 0.05) is 22.5 Å². The molecular weight excluding hydrogens is 350 g/mol. The normalized spacial score (nSPS) is 22.1. The number of urea groups is 1. The van der Waals surface area contributed by atoms with Gasteiger partial charge in [0.05, 0.1) is 11.4 Å². The molecule has 1 N–H and O–H groups in total. The van der Waals surface area contributed by atoms with Gasteiger partial charge in [0.15, 0.2) is 5.54 Å². The zero-order chi connectivity index (χ0) is 18.1. The van der Waals surface area contributed by atoms with E-state index in [1.165, 1.54) is 4.90 Å². The number of carbonyl (C=O) groups is 2. The molecule has 1 saturated heterocycles. The van der Waals surface area contributed by atoms with Gasteiger partial charge >= 0.3 is 6.03 Å². The smallest absolute Gasteiger partial charge is 0.332 e. The average molecular weight is 366 g/mol. The summed E-state index contributed by atoms with van der Waals surface area (Å²) in [5, 5.41) is 1.61. The molecule has 6 heteroatoms. The van der Waals surface area contributed by atoms with E-state index in [1.807, 2.05) is 25.1 Å². The number of amides is 3. The standard InChI is InChI=1S/C20H16ClN3O2/c1-20-17-15(14-7-2-3-8-16(14)22-17)9-10-23(20)19(26)24(18(20)25)13-6-4-5-12(21)11-13/h2-8,11,22H,9-10H2,1H3/t20-/m0/s1. The van der Waals surface area contributed by atoms with E-state index in [0.717, 1.165) is 28.6 Å². The molecule has 0 spiro atoms. The number of benzene rings is 2. The van der Waals surface area contributed by atoms with Gasteiger partial charge in [0.1, 0.15) is 0 Å². The topological polar surface area (TPSA) is 56.4 Å². The van der Waals surface area contributed by atoms with E-state index in [1.54, 1.807) is 29.2 Å². The molecular formula is C20H16ClN3O2. The second-order valence-electron chi connectivity index (χ2n) is 6.90. The highest BCUT2D eigenvalue weighted by molar-refractivity contribution is 6.31. The number of H-pyrrole nitrogens is 1. The van der Waals surface area contributed by atoms with E-state index in [4.69, 9.17) is 11.6 Å². The van der Waals surface area contributed by atoms with E-state index in [-0.39, 0.29) is 11.9 Å². The molecule has 3 aromatic rings. The van der Waals surface area contributed by atoms with Gasteiger partial charge in [0.2, 0.25) is 0 Å². The minimum atomic E-state index is -1.04. The third-order valence-electron chi connectivity index (χ3n) is 5.53. The summed E-state index contributed by atoms with van der Waals surface area (Å²) in [6.45, 7) is 2.33. The number of fused-ring (bicyclic) bond motifs is 5. The molecule has 3 heterocycles. The quantitative estimate of drug-likeness (QED) is 0.661. The molecule has 0 radical (unpaired) electrons. The highest BCUT2D eigenvalue weighted by Crippen LogP contribution is 2.45. The lowest BCUT2D eigenvalue weighted by atomic mass is 9.87. The van der Waals surface area contributed by atoms with Crippen LogP contribution in [0, 0.1) is 0 Å². The maximum absolute atomic E-state index is 13.4. The lowest BCUT2D eigenvalue weighted by Crippen LogP contribution is -2.49. The van der Waals surface area contributed by atoms with Crippen LogP contribution >= 0.6 is 11.6 Å². The first-order chi connectivity index (χ1) is 12.5. The van der Waals surface area contributed by atoms with Crippen molar-refractivity contribution in [3.8, 4) is 0 Å².